The standard InChI is InChI=1S/C19H20FN3O2/c1-12-4-3-5-14(10-12)21-19(25)22-17-8-9-23(18(17)24)15-6-7-16(20)13(2)11-15/h3-7,10-11,17H,8-9H2,1-2H3,(H2,21,22,25)/t17-/m0/s1. The highest BCUT2D eigenvalue weighted by molar-refractivity contribution is 6.02. The number of nitrogens with one attached hydrogen (secondary N) is 2. The van der Waals surface area contributed by atoms with Crippen LogP contribution in [0.25, 0.3) is 0 Å². The number of urea groups is 1. The number of carbonyl (C=O) groups is 2. The molecule has 2 N–H and O–H groups in total. The minimum absolute atomic E-state index is 0.189. The Labute approximate surface area is 145 Å². The zero-order chi connectivity index (χ0) is 18.0. The van der Waals surface area contributed by atoms with E-state index in [2.05, 4.69) is 10.6 Å². The van der Waals surface area contributed by atoms with Crippen LogP contribution in [0.1, 0.15) is 17.5 Å². The maximum atomic E-state index is 13.4. The summed E-state index contributed by atoms with van der Waals surface area (Å²) in [7, 11) is 0. The maximum Gasteiger partial charge on any atom is 0.319 e. The normalized spacial score (nSPS) is 16.8. The quantitative estimate of drug-likeness (QED) is 0.899. The summed E-state index contributed by atoms with van der Waals surface area (Å²) >= 11 is 0. The summed E-state index contributed by atoms with van der Waals surface area (Å²) in [6.07, 6.45) is 0.510. The lowest BCUT2D eigenvalue weighted by atomic mass is 10.2. The fraction of sp³-hybridized carbons (Fsp3) is 0.263. The summed E-state index contributed by atoms with van der Waals surface area (Å²) in [6.45, 7) is 4.08. The van der Waals surface area contributed by atoms with E-state index in [0.29, 0.717) is 29.9 Å². The number of benzene rings is 2. The van der Waals surface area contributed by atoms with Crippen molar-refractivity contribution >= 4 is 23.3 Å². The van der Waals surface area contributed by atoms with Crippen LogP contribution in [-0.4, -0.2) is 24.5 Å². The number of aryl methyl sites for hydroxylation is 2. The largest absolute Gasteiger partial charge is 0.326 e. The molecule has 2 aromatic rings. The minimum atomic E-state index is -0.588. The number of carbonyl (C=O) groups excluding carboxylic acids is 2. The van der Waals surface area contributed by atoms with E-state index in [9.17, 15) is 14.0 Å². The SMILES string of the molecule is Cc1cccc(NC(=O)N[C@H]2CCN(c3ccc(F)c(C)c3)C2=O)c1. The molecular formula is C19H20FN3O2. The Bertz CT molecular complexity index is 822. The van der Waals surface area contributed by atoms with Crippen LogP contribution in [0.3, 0.4) is 0 Å². The van der Waals surface area contributed by atoms with Crippen molar-refractivity contribution in [3.8, 4) is 0 Å². The Morgan fingerprint density at radius 1 is 1.20 bits per heavy atom. The van der Waals surface area contributed by atoms with E-state index in [1.54, 1.807) is 30.0 Å². The molecule has 0 unspecified atom stereocenters. The van der Waals surface area contributed by atoms with Crippen molar-refractivity contribution in [2.45, 2.75) is 26.3 Å². The molecule has 1 heterocycles. The number of rotatable bonds is 3. The van der Waals surface area contributed by atoms with Crippen molar-refractivity contribution < 1.29 is 14.0 Å². The van der Waals surface area contributed by atoms with Crippen LogP contribution in [-0.2, 0) is 4.79 Å². The lowest BCUT2D eigenvalue weighted by Crippen LogP contribution is -2.43. The molecule has 3 amide bonds. The van der Waals surface area contributed by atoms with Crippen LogP contribution in [0.15, 0.2) is 42.5 Å². The molecule has 1 atom stereocenters. The van der Waals surface area contributed by atoms with Crippen LogP contribution in [0.4, 0.5) is 20.6 Å². The van der Waals surface area contributed by atoms with Gasteiger partial charge in [0.1, 0.15) is 11.9 Å². The van der Waals surface area contributed by atoms with Crippen LogP contribution in [0.5, 0.6) is 0 Å². The van der Waals surface area contributed by atoms with Crippen molar-refractivity contribution in [2.75, 3.05) is 16.8 Å². The summed E-state index contributed by atoms with van der Waals surface area (Å²) in [5.74, 6) is -0.493. The molecule has 1 aliphatic heterocycles. The first-order valence-electron chi connectivity index (χ1n) is 8.16. The van der Waals surface area contributed by atoms with E-state index >= 15 is 0 Å². The van der Waals surface area contributed by atoms with Gasteiger partial charge in [-0.1, -0.05) is 12.1 Å². The van der Waals surface area contributed by atoms with Crippen molar-refractivity contribution in [1.82, 2.24) is 5.32 Å². The monoisotopic (exact) mass is 341 g/mol. The second-order valence-electron chi connectivity index (χ2n) is 6.23. The molecular weight excluding hydrogens is 321 g/mol. The van der Waals surface area contributed by atoms with Gasteiger partial charge < -0.3 is 15.5 Å². The van der Waals surface area contributed by atoms with Crippen LogP contribution in [0, 0.1) is 19.7 Å². The summed E-state index contributed by atoms with van der Waals surface area (Å²) in [6, 6.07) is 11.0. The Morgan fingerprint density at radius 3 is 2.72 bits per heavy atom. The molecule has 25 heavy (non-hydrogen) atoms. The molecule has 2 aromatic carbocycles. The molecule has 1 saturated heterocycles. The molecule has 0 aromatic heterocycles. The van der Waals surface area contributed by atoms with Gasteiger partial charge in [0, 0.05) is 17.9 Å². The van der Waals surface area contributed by atoms with Crippen molar-refractivity contribution in [3.05, 3.63) is 59.4 Å². The van der Waals surface area contributed by atoms with Crippen LogP contribution < -0.4 is 15.5 Å². The smallest absolute Gasteiger partial charge is 0.319 e. The third-order valence-electron chi connectivity index (χ3n) is 4.24. The molecule has 0 spiro atoms. The number of nitrogens with zero attached hydrogens (tertiary/aromatic N) is 1. The fourth-order valence-corrected chi connectivity index (χ4v) is 2.92. The zero-order valence-electron chi connectivity index (χ0n) is 14.2. The van der Waals surface area contributed by atoms with Gasteiger partial charge in [-0.05, 0) is 61.7 Å². The van der Waals surface area contributed by atoms with E-state index in [4.69, 9.17) is 0 Å². The zero-order valence-corrected chi connectivity index (χ0v) is 14.2. The van der Waals surface area contributed by atoms with Crippen LogP contribution in [0.2, 0.25) is 0 Å². The molecule has 0 radical (unpaired) electrons. The highest BCUT2D eigenvalue weighted by Crippen LogP contribution is 2.24. The Morgan fingerprint density at radius 2 is 2.00 bits per heavy atom. The van der Waals surface area contributed by atoms with Crippen molar-refractivity contribution in [2.24, 2.45) is 0 Å². The molecule has 0 aliphatic carbocycles. The number of hydrogen-bond donors (Lipinski definition) is 2. The average Bonchev–Trinajstić information content (AvgIpc) is 2.91. The van der Waals surface area contributed by atoms with E-state index < -0.39 is 12.1 Å². The summed E-state index contributed by atoms with van der Waals surface area (Å²) in [5, 5.41) is 5.44. The van der Waals surface area contributed by atoms with E-state index in [1.165, 1.54) is 6.07 Å². The number of hydrogen-bond acceptors (Lipinski definition) is 2. The molecule has 130 valence electrons. The van der Waals surface area contributed by atoms with Gasteiger partial charge in [0.05, 0.1) is 0 Å². The molecule has 5 nitrogen and oxygen atoms in total. The molecule has 0 bridgehead atoms. The van der Waals surface area contributed by atoms with E-state index in [-0.39, 0.29) is 11.7 Å². The minimum Gasteiger partial charge on any atom is -0.326 e. The Hall–Kier alpha value is -2.89. The predicted molar refractivity (Wildman–Crippen MR) is 95.2 cm³/mol. The van der Waals surface area contributed by atoms with Gasteiger partial charge in [-0.25, -0.2) is 9.18 Å². The third-order valence-corrected chi connectivity index (χ3v) is 4.24. The number of halogens is 1. The second kappa shape index (κ2) is 6.93. The van der Waals surface area contributed by atoms with E-state index in [1.807, 2.05) is 25.1 Å². The molecule has 0 saturated carbocycles. The highest BCUT2D eigenvalue weighted by atomic mass is 19.1. The highest BCUT2D eigenvalue weighted by Gasteiger charge is 2.33. The summed E-state index contributed by atoms with van der Waals surface area (Å²) < 4.78 is 13.4. The third kappa shape index (κ3) is 3.79. The maximum absolute atomic E-state index is 13.4. The Balaban J connectivity index is 1.63. The Kier molecular flexibility index (Phi) is 4.70. The van der Waals surface area contributed by atoms with Gasteiger partial charge in [0.2, 0.25) is 5.91 Å². The number of amides is 3. The summed E-state index contributed by atoms with van der Waals surface area (Å²) in [5.41, 5.74) is 2.84. The average molecular weight is 341 g/mol. The lowest BCUT2D eigenvalue weighted by Gasteiger charge is -2.18. The molecule has 6 heteroatoms. The van der Waals surface area contributed by atoms with Gasteiger partial charge in [-0.3, -0.25) is 4.79 Å². The first-order chi connectivity index (χ1) is 11.9. The van der Waals surface area contributed by atoms with Crippen molar-refractivity contribution in [1.29, 1.82) is 0 Å². The first kappa shape index (κ1) is 17.0. The molecule has 1 aliphatic rings. The lowest BCUT2D eigenvalue weighted by molar-refractivity contribution is -0.118. The second-order valence-corrected chi connectivity index (χ2v) is 6.23. The topological polar surface area (TPSA) is 61.4 Å². The van der Waals surface area contributed by atoms with Gasteiger partial charge in [0.25, 0.3) is 0 Å². The van der Waals surface area contributed by atoms with Gasteiger partial charge >= 0.3 is 6.03 Å². The van der Waals surface area contributed by atoms with Crippen molar-refractivity contribution in [3.63, 3.8) is 0 Å². The predicted octanol–water partition coefficient (Wildman–Crippen LogP) is 3.37. The van der Waals surface area contributed by atoms with Crippen LogP contribution >= 0.6 is 0 Å². The van der Waals surface area contributed by atoms with E-state index in [0.717, 1.165) is 5.56 Å². The van der Waals surface area contributed by atoms with Gasteiger partial charge in [0.15, 0.2) is 0 Å². The molecule has 1 fully saturated rings. The fourth-order valence-electron chi connectivity index (χ4n) is 2.92. The van der Waals surface area contributed by atoms with Gasteiger partial charge in [-0.2, -0.15) is 0 Å². The number of anilines is 2. The summed E-state index contributed by atoms with van der Waals surface area (Å²) in [4.78, 5) is 26.2. The van der Waals surface area contributed by atoms with Gasteiger partial charge in [-0.15, -0.1) is 0 Å². The first-order valence-corrected chi connectivity index (χ1v) is 8.16. The molecule has 3 rings (SSSR count).